The molecule has 11 heteroatoms. The maximum absolute atomic E-state index is 12.7. The van der Waals surface area contributed by atoms with Crippen molar-refractivity contribution in [2.45, 2.75) is 13.5 Å². The fourth-order valence-corrected chi connectivity index (χ4v) is 5.65. The van der Waals surface area contributed by atoms with Gasteiger partial charge in [-0.2, -0.15) is 5.10 Å². The largest absolute Gasteiger partial charge is 0.490 e. The molecule has 0 fully saturated rings. The number of ether oxygens (including phenoxy) is 2. The Kier molecular flexibility index (Phi) is 10.5. The summed E-state index contributed by atoms with van der Waals surface area (Å²) in [6.07, 6.45) is 1.56. The van der Waals surface area contributed by atoms with Crippen LogP contribution in [0.3, 0.4) is 0 Å². The number of hydrogen-bond donors (Lipinski definition) is 2. The summed E-state index contributed by atoms with van der Waals surface area (Å²) in [5.41, 5.74) is 7.43. The van der Waals surface area contributed by atoms with Gasteiger partial charge in [-0.3, -0.25) is 4.79 Å². The lowest BCUT2D eigenvalue weighted by molar-refractivity contribution is 0.0955. The predicted molar refractivity (Wildman–Crippen MR) is 181 cm³/mol. The van der Waals surface area contributed by atoms with E-state index in [0.717, 1.165) is 37.7 Å². The van der Waals surface area contributed by atoms with E-state index in [2.05, 4.69) is 52.7 Å². The number of amides is 1. The van der Waals surface area contributed by atoms with Crippen LogP contribution in [0.25, 0.3) is 11.3 Å². The zero-order valence-corrected chi connectivity index (χ0v) is 27.6. The highest BCUT2D eigenvalue weighted by Crippen LogP contribution is 2.37. The van der Waals surface area contributed by atoms with Crippen molar-refractivity contribution in [1.29, 1.82) is 0 Å². The van der Waals surface area contributed by atoms with E-state index >= 15 is 0 Å². The lowest BCUT2D eigenvalue weighted by atomic mass is 10.1. The molecule has 0 bridgehead atoms. The molecule has 0 saturated heterocycles. The van der Waals surface area contributed by atoms with Gasteiger partial charge in [-0.05, 0) is 94.6 Å². The Bertz CT molecular complexity index is 1730. The molecule has 0 unspecified atom stereocenters. The molecular formula is C32H25Br2ClN4O3S. The third-order valence-corrected chi connectivity index (χ3v) is 8.18. The molecule has 43 heavy (non-hydrogen) atoms. The number of nitrogens with zero attached hydrogens (tertiary/aromatic N) is 2. The minimum absolute atomic E-state index is 0.329. The highest BCUT2D eigenvalue weighted by atomic mass is 79.9. The van der Waals surface area contributed by atoms with Crippen LogP contribution in [0.1, 0.15) is 28.4 Å². The average molecular weight is 741 g/mol. The van der Waals surface area contributed by atoms with Gasteiger partial charge in [0.25, 0.3) is 5.91 Å². The zero-order valence-electron chi connectivity index (χ0n) is 22.8. The van der Waals surface area contributed by atoms with Crippen LogP contribution in [0.5, 0.6) is 11.5 Å². The van der Waals surface area contributed by atoms with Crippen molar-refractivity contribution < 1.29 is 14.3 Å². The van der Waals surface area contributed by atoms with Crippen LogP contribution < -0.4 is 20.2 Å². The third-order valence-electron chi connectivity index (χ3n) is 6.05. The molecule has 0 saturated carbocycles. The highest BCUT2D eigenvalue weighted by molar-refractivity contribution is 9.10. The van der Waals surface area contributed by atoms with E-state index in [-0.39, 0.29) is 5.91 Å². The summed E-state index contributed by atoms with van der Waals surface area (Å²) >= 11 is 14.5. The van der Waals surface area contributed by atoms with Gasteiger partial charge >= 0.3 is 0 Å². The topological polar surface area (TPSA) is 84.8 Å². The molecule has 5 rings (SSSR count). The van der Waals surface area contributed by atoms with E-state index in [0.29, 0.717) is 39.8 Å². The number of nitrogens with one attached hydrogen (secondary N) is 2. The molecule has 0 radical (unpaired) electrons. The summed E-state index contributed by atoms with van der Waals surface area (Å²) < 4.78 is 13.6. The maximum Gasteiger partial charge on any atom is 0.271 e. The zero-order chi connectivity index (χ0) is 30.2. The van der Waals surface area contributed by atoms with Gasteiger partial charge < -0.3 is 14.8 Å². The number of anilines is 2. The van der Waals surface area contributed by atoms with Gasteiger partial charge in [0, 0.05) is 31.7 Å². The van der Waals surface area contributed by atoms with Crippen LogP contribution in [0.4, 0.5) is 10.8 Å². The molecule has 0 aliphatic carbocycles. The number of benzene rings is 4. The summed E-state index contributed by atoms with van der Waals surface area (Å²) in [6, 6.07) is 26.2. The Balaban J connectivity index is 1.19. The van der Waals surface area contributed by atoms with Crippen LogP contribution in [0, 0.1) is 0 Å². The lowest BCUT2D eigenvalue weighted by Gasteiger charge is -2.14. The van der Waals surface area contributed by atoms with Gasteiger partial charge in [-0.15, -0.1) is 11.3 Å². The summed E-state index contributed by atoms with van der Waals surface area (Å²) in [4.78, 5) is 17.4. The van der Waals surface area contributed by atoms with Gasteiger partial charge in [0.05, 0.1) is 23.0 Å². The smallest absolute Gasteiger partial charge is 0.271 e. The van der Waals surface area contributed by atoms with Crippen LogP contribution in [-0.2, 0) is 6.61 Å². The average Bonchev–Trinajstić information content (AvgIpc) is 3.47. The molecule has 218 valence electrons. The molecule has 1 heterocycles. The molecule has 0 aliphatic heterocycles. The Labute approximate surface area is 275 Å². The Morgan fingerprint density at radius 1 is 1.00 bits per heavy atom. The molecule has 1 aromatic heterocycles. The van der Waals surface area contributed by atoms with Crippen molar-refractivity contribution in [3.63, 3.8) is 0 Å². The van der Waals surface area contributed by atoms with Crippen molar-refractivity contribution in [2.24, 2.45) is 5.10 Å². The van der Waals surface area contributed by atoms with E-state index in [1.807, 2.05) is 85.1 Å². The number of aromatic nitrogens is 1. The maximum atomic E-state index is 12.7. The summed E-state index contributed by atoms with van der Waals surface area (Å²) in [6.45, 7) is 2.76. The second-order valence-corrected chi connectivity index (χ2v) is 12.2. The van der Waals surface area contributed by atoms with Gasteiger partial charge in [-0.25, -0.2) is 10.4 Å². The van der Waals surface area contributed by atoms with E-state index in [4.69, 9.17) is 21.1 Å². The molecule has 4 aromatic carbocycles. The Hall–Kier alpha value is -3.70. The van der Waals surface area contributed by atoms with E-state index in [1.165, 1.54) is 11.3 Å². The SMILES string of the molecule is CCOc1cc(/C=N\NC(=O)c2ccc(-c3csc(Nc4ccc(Cl)cc4)n3)cc2)cc(Br)c1OCc1ccc(Br)cc1. The number of hydrazone groups is 1. The molecule has 7 nitrogen and oxygen atoms in total. The summed E-state index contributed by atoms with van der Waals surface area (Å²) in [5.74, 6) is 0.842. The summed E-state index contributed by atoms with van der Waals surface area (Å²) in [7, 11) is 0. The number of rotatable bonds is 11. The van der Waals surface area contributed by atoms with Crippen molar-refractivity contribution in [2.75, 3.05) is 11.9 Å². The molecule has 0 atom stereocenters. The lowest BCUT2D eigenvalue weighted by Crippen LogP contribution is -2.17. The molecular weight excluding hydrogens is 716 g/mol. The number of carbonyl (C=O) groups is 1. The normalized spacial score (nSPS) is 11.0. The number of halogens is 3. The summed E-state index contributed by atoms with van der Waals surface area (Å²) in [5, 5.41) is 10.8. The fraction of sp³-hybridized carbons (Fsp3) is 0.0938. The molecule has 0 aliphatic rings. The van der Waals surface area contributed by atoms with Gasteiger partial charge in [0.2, 0.25) is 0 Å². The first-order valence-corrected chi connectivity index (χ1v) is 16.0. The van der Waals surface area contributed by atoms with Gasteiger partial charge in [0.15, 0.2) is 16.6 Å². The fourth-order valence-electron chi connectivity index (χ4n) is 3.94. The van der Waals surface area contributed by atoms with Crippen molar-refractivity contribution in [1.82, 2.24) is 10.4 Å². The second kappa shape index (κ2) is 14.7. The molecule has 5 aromatic rings. The van der Waals surface area contributed by atoms with Crippen LogP contribution in [-0.4, -0.2) is 23.7 Å². The highest BCUT2D eigenvalue weighted by Gasteiger charge is 2.13. The molecule has 1 amide bonds. The van der Waals surface area contributed by atoms with Crippen LogP contribution >= 0.6 is 54.8 Å². The predicted octanol–water partition coefficient (Wildman–Crippen LogP) is 9.47. The quantitative estimate of drug-likeness (QED) is 0.104. The van der Waals surface area contributed by atoms with Crippen LogP contribution in [0.15, 0.2) is 104 Å². The second-order valence-electron chi connectivity index (χ2n) is 9.12. The molecule has 0 spiro atoms. The number of hydrogen-bond acceptors (Lipinski definition) is 7. The Morgan fingerprint density at radius 2 is 1.74 bits per heavy atom. The van der Waals surface area contributed by atoms with Crippen molar-refractivity contribution >= 4 is 77.7 Å². The standard InChI is InChI=1S/C32H25Br2ClN4O3S/c1-2-41-29-16-21(15-27(34)30(29)42-18-20-3-9-24(33)10-4-20)17-36-39-31(40)23-7-5-22(6-8-23)28-19-43-32(38-28)37-26-13-11-25(35)12-14-26/h3-17,19H,2,18H2,1H3,(H,37,38)(H,39,40)/b36-17-. The number of carbonyl (C=O) groups excluding carboxylic acids is 1. The van der Waals surface area contributed by atoms with Gasteiger partial charge in [0.1, 0.15) is 6.61 Å². The monoisotopic (exact) mass is 738 g/mol. The van der Waals surface area contributed by atoms with Crippen molar-refractivity contribution in [3.8, 4) is 22.8 Å². The van der Waals surface area contributed by atoms with Crippen molar-refractivity contribution in [3.05, 3.63) is 121 Å². The first-order valence-electron chi connectivity index (χ1n) is 13.1. The minimum atomic E-state index is -0.329. The Morgan fingerprint density at radius 3 is 2.47 bits per heavy atom. The van der Waals surface area contributed by atoms with E-state index in [1.54, 1.807) is 18.3 Å². The number of thiazole rings is 1. The van der Waals surface area contributed by atoms with E-state index in [9.17, 15) is 4.79 Å². The first-order chi connectivity index (χ1) is 20.9. The minimum Gasteiger partial charge on any atom is -0.490 e. The third kappa shape index (κ3) is 8.45. The van der Waals surface area contributed by atoms with Crippen LogP contribution in [0.2, 0.25) is 5.02 Å². The first kappa shape index (κ1) is 30.7. The molecule has 2 N–H and O–H groups in total. The van der Waals surface area contributed by atoms with E-state index < -0.39 is 0 Å². The van der Waals surface area contributed by atoms with Gasteiger partial charge in [-0.1, -0.05) is 51.8 Å².